The summed E-state index contributed by atoms with van der Waals surface area (Å²) in [6, 6.07) is 13.3. The molecule has 0 aliphatic carbocycles. The average Bonchev–Trinajstić information content (AvgIpc) is 3.32. The van der Waals surface area contributed by atoms with E-state index in [2.05, 4.69) is 15.6 Å². The topological polar surface area (TPSA) is 102 Å². The summed E-state index contributed by atoms with van der Waals surface area (Å²) in [6.07, 6.45) is 3.47. The molecule has 36 heavy (non-hydrogen) atoms. The van der Waals surface area contributed by atoms with E-state index in [0.29, 0.717) is 16.4 Å². The van der Waals surface area contributed by atoms with Gasteiger partial charge in [-0.05, 0) is 45.4 Å². The number of hydrogen-bond acceptors (Lipinski definition) is 9. The highest BCUT2D eigenvalue weighted by molar-refractivity contribution is 7.14. The quantitative estimate of drug-likeness (QED) is 0.423. The molecule has 3 atom stereocenters. The molecule has 0 saturated heterocycles. The number of rotatable bonds is 8. The summed E-state index contributed by atoms with van der Waals surface area (Å²) in [5.74, 6) is -2.28. The van der Waals surface area contributed by atoms with Crippen molar-refractivity contribution in [1.82, 2.24) is 15.3 Å². The molecule has 2 aromatic heterocycles. The highest BCUT2D eigenvalue weighted by Crippen LogP contribution is 2.45. The Balaban J connectivity index is 1.80. The van der Waals surface area contributed by atoms with Crippen LogP contribution in [0, 0.1) is 5.92 Å². The van der Waals surface area contributed by atoms with Crippen LogP contribution < -0.4 is 10.6 Å². The predicted molar refractivity (Wildman–Crippen MR) is 139 cm³/mol. The maximum absolute atomic E-state index is 13.5. The van der Waals surface area contributed by atoms with Gasteiger partial charge in [0.05, 0.1) is 24.5 Å². The molecule has 0 spiro atoms. The summed E-state index contributed by atoms with van der Waals surface area (Å²) in [6.45, 7) is 7.69. The number of thiazole rings is 1. The molecule has 3 aromatic rings. The lowest BCUT2D eigenvalue weighted by Crippen LogP contribution is -2.62. The molecule has 0 bridgehead atoms. The van der Waals surface area contributed by atoms with Crippen molar-refractivity contribution in [1.29, 1.82) is 0 Å². The third kappa shape index (κ3) is 5.11. The molecule has 0 fully saturated rings. The standard InChI is InChI=1S/C27H30N4O4S/c1-5-34-24(32)21-17(3)30-27(4,31-26-29-20(16-36-26)19-13-10-14-28-15-19)23(25(33)35-6-2)22(21)18-11-8-7-9-12-18/h7-16,22-23,30H,5-6H2,1-4H3,(H,29,31). The van der Waals surface area contributed by atoms with Gasteiger partial charge in [-0.2, -0.15) is 0 Å². The fourth-order valence-electron chi connectivity index (χ4n) is 4.69. The van der Waals surface area contributed by atoms with E-state index in [1.165, 1.54) is 11.3 Å². The van der Waals surface area contributed by atoms with Gasteiger partial charge in [0, 0.05) is 35.0 Å². The van der Waals surface area contributed by atoms with Crippen molar-refractivity contribution in [3.05, 3.63) is 77.1 Å². The van der Waals surface area contributed by atoms with Crippen molar-refractivity contribution in [3.63, 3.8) is 0 Å². The van der Waals surface area contributed by atoms with Gasteiger partial charge in [0.15, 0.2) is 5.13 Å². The Morgan fingerprint density at radius 2 is 1.86 bits per heavy atom. The van der Waals surface area contributed by atoms with E-state index in [1.807, 2.05) is 61.7 Å². The Morgan fingerprint density at radius 1 is 1.11 bits per heavy atom. The third-order valence-corrected chi connectivity index (χ3v) is 6.90. The van der Waals surface area contributed by atoms with Crippen LogP contribution in [0.1, 0.15) is 39.2 Å². The van der Waals surface area contributed by atoms with Crippen molar-refractivity contribution >= 4 is 28.4 Å². The molecule has 0 amide bonds. The Morgan fingerprint density at radius 3 is 2.53 bits per heavy atom. The Hall–Kier alpha value is -3.72. The van der Waals surface area contributed by atoms with Gasteiger partial charge in [-0.25, -0.2) is 9.78 Å². The zero-order valence-corrected chi connectivity index (χ0v) is 21.6. The van der Waals surface area contributed by atoms with Crippen molar-refractivity contribution in [3.8, 4) is 11.3 Å². The summed E-state index contributed by atoms with van der Waals surface area (Å²) in [4.78, 5) is 35.6. The molecular weight excluding hydrogens is 476 g/mol. The molecule has 0 radical (unpaired) electrons. The molecule has 8 nitrogen and oxygen atoms in total. The second kappa shape index (κ2) is 10.9. The number of nitrogens with zero attached hydrogens (tertiary/aromatic N) is 2. The van der Waals surface area contributed by atoms with Crippen LogP contribution in [0.25, 0.3) is 11.3 Å². The minimum atomic E-state index is -1.02. The van der Waals surface area contributed by atoms with Crippen LogP contribution in [0.15, 0.2) is 71.5 Å². The number of nitrogens with one attached hydrogen (secondary N) is 2. The van der Waals surface area contributed by atoms with Crippen molar-refractivity contribution in [2.45, 2.75) is 39.3 Å². The number of ether oxygens (including phenoxy) is 2. The summed E-state index contributed by atoms with van der Waals surface area (Å²) in [5, 5.41) is 9.40. The molecule has 1 aliphatic heterocycles. The lowest BCUT2D eigenvalue weighted by atomic mass is 9.71. The van der Waals surface area contributed by atoms with E-state index in [0.717, 1.165) is 16.8 Å². The van der Waals surface area contributed by atoms with Crippen LogP contribution in [0.4, 0.5) is 5.13 Å². The molecule has 188 valence electrons. The SMILES string of the molecule is CCOC(=O)C1=C(C)NC(C)(Nc2nc(-c3cccnc3)cs2)C(C(=O)OCC)C1c1ccccc1. The van der Waals surface area contributed by atoms with Gasteiger partial charge in [-0.15, -0.1) is 11.3 Å². The first-order chi connectivity index (χ1) is 17.4. The number of carbonyl (C=O) groups is 2. The number of benzene rings is 1. The zero-order chi connectivity index (χ0) is 25.7. The number of allylic oxidation sites excluding steroid dienone is 1. The summed E-state index contributed by atoms with van der Waals surface area (Å²) in [7, 11) is 0. The van der Waals surface area contributed by atoms with Crippen molar-refractivity contribution in [2.75, 3.05) is 18.5 Å². The Bertz CT molecular complexity index is 1240. The van der Waals surface area contributed by atoms with Crippen LogP contribution in [0.3, 0.4) is 0 Å². The fraction of sp³-hybridized carbons (Fsp3) is 0.333. The number of pyridine rings is 1. The van der Waals surface area contributed by atoms with Gasteiger partial charge in [0.25, 0.3) is 0 Å². The van der Waals surface area contributed by atoms with Gasteiger partial charge in [-0.3, -0.25) is 9.78 Å². The summed E-state index contributed by atoms with van der Waals surface area (Å²) in [5.41, 5.74) is 2.52. The molecular formula is C27H30N4O4S. The Kier molecular flexibility index (Phi) is 7.69. The molecule has 3 unspecified atom stereocenters. The van der Waals surface area contributed by atoms with Crippen LogP contribution in [-0.4, -0.2) is 40.8 Å². The van der Waals surface area contributed by atoms with Crippen molar-refractivity contribution < 1.29 is 19.1 Å². The number of aromatic nitrogens is 2. The monoisotopic (exact) mass is 506 g/mol. The van der Waals surface area contributed by atoms with Crippen molar-refractivity contribution in [2.24, 2.45) is 5.92 Å². The molecule has 9 heteroatoms. The van der Waals surface area contributed by atoms with Crippen LogP contribution in [0.2, 0.25) is 0 Å². The Labute approximate surface area is 214 Å². The highest BCUT2D eigenvalue weighted by atomic mass is 32.1. The van der Waals surface area contributed by atoms with Gasteiger partial charge >= 0.3 is 11.9 Å². The van der Waals surface area contributed by atoms with Gasteiger partial charge in [-0.1, -0.05) is 30.3 Å². The summed E-state index contributed by atoms with van der Waals surface area (Å²) < 4.78 is 10.9. The lowest BCUT2D eigenvalue weighted by Gasteiger charge is -2.46. The molecule has 1 aliphatic rings. The number of hydrogen-bond donors (Lipinski definition) is 2. The van der Waals surface area contributed by atoms with Crippen LogP contribution in [-0.2, 0) is 19.1 Å². The smallest absolute Gasteiger partial charge is 0.336 e. The van der Waals surface area contributed by atoms with E-state index in [9.17, 15) is 9.59 Å². The second-order valence-corrected chi connectivity index (χ2v) is 9.47. The van der Waals surface area contributed by atoms with E-state index >= 15 is 0 Å². The molecule has 1 aromatic carbocycles. The second-order valence-electron chi connectivity index (χ2n) is 8.61. The summed E-state index contributed by atoms with van der Waals surface area (Å²) >= 11 is 1.43. The van der Waals surface area contributed by atoms with Gasteiger partial charge in [0.1, 0.15) is 11.6 Å². The van der Waals surface area contributed by atoms with E-state index < -0.39 is 29.4 Å². The van der Waals surface area contributed by atoms with E-state index in [1.54, 1.807) is 26.2 Å². The first kappa shape index (κ1) is 25.4. The maximum Gasteiger partial charge on any atom is 0.336 e. The third-order valence-electron chi connectivity index (χ3n) is 6.14. The molecule has 0 saturated carbocycles. The normalized spacial score (nSPS) is 21.4. The minimum Gasteiger partial charge on any atom is -0.466 e. The average molecular weight is 507 g/mol. The highest BCUT2D eigenvalue weighted by Gasteiger charge is 2.52. The number of esters is 2. The zero-order valence-electron chi connectivity index (χ0n) is 20.8. The minimum absolute atomic E-state index is 0.215. The largest absolute Gasteiger partial charge is 0.466 e. The number of carbonyl (C=O) groups excluding carboxylic acids is 2. The molecule has 3 heterocycles. The van der Waals surface area contributed by atoms with Gasteiger partial charge < -0.3 is 20.1 Å². The first-order valence-corrected chi connectivity index (χ1v) is 12.8. The predicted octanol–water partition coefficient (Wildman–Crippen LogP) is 4.74. The maximum atomic E-state index is 13.5. The lowest BCUT2D eigenvalue weighted by molar-refractivity contribution is -0.152. The van der Waals surface area contributed by atoms with E-state index in [-0.39, 0.29) is 13.2 Å². The number of anilines is 1. The fourth-order valence-corrected chi connectivity index (χ4v) is 5.52. The molecule has 2 N–H and O–H groups in total. The van der Waals surface area contributed by atoms with E-state index in [4.69, 9.17) is 14.5 Å². The molecule has 4 rings (SSSR count). The van der Waals surface area contributed by atoms with Crippen LogP contribution in [0.5, 0.6) is 0 Å². The first-order valence-electron chi connectivity index (χ1n) is 11.9. The van der Waals surface area contributed by atoms with Crippen LogP contribution >= 0.6 is 11.3 Å². The van der Waals surface area contributed by atoms with Gasteiger partial charge in [0.2, 0.25) is 0 Å².